The van der Waals surface area contributed by atoms with Crippen LogP contribution in [0.2, 0.25) is 0 Å². The van der Waals surface area contributed by atoms with Gasteiger partial charge in [0, 0.05) is 31.7 Å². The van der Waals surface area contributed by atoms with Gasteiger partial charge in [-0.2, -0.15) is 5.26 Å². The highest BCUT2D eigenvalue weighted by Gasteiger charge is 2.24. The molecular weight excluding hydrogens is 343 g/mol. The first-order chi connectivity index (χ1) is 12.4. The second kappa shape index (κ2) is 7.08. The zero-order valence-corrected chi connectivity index (χ0v) is 14.1. The molecule has 1 heterocycles. The Bertz CT molecular complexity index is 900. The van der Waals surface area contributed by atoms with Crippen molar-refractivity contribution < 1.29 is 18.0 Å². The lowest BCUT2D eigenvalue weighted by atomic mass is 10.1. The van der Waals surface area contributed by atoms with Gasteiger partial charge in [0.2, 0.25) is 0 Å². The Labute approximate surface area is 149 Å². The number of aryl methyl sites for hydroxylation is 1. The van der Waals surface area contributed by atoms with E-state index in [9.17, 15) is 18.0 Å². The average molecular weight is 359 g/mol. The van der Waals surface area contributed by atoms with Crippen LogP contribution in [0.4, 0.5) is 18.9 Å². The van der Waals surface area contributed by atoms with Gasteiger partial charge < -0.3 is 9.80 Å². The molecule has 0 spiro atoms. The van der Waals surface area contributed by atoms with Crippen molar-refractivity contribution in [1.82, 2.24) is 4.90 Å². The molecule has 0 saturated carbocycles. The molecule has 3 rings (SSSR count). The Morgan fingerprint density at radius 2 is 1.69 bits per heavy atom. The van der Waals surface area contributed by atoms with Crippen LogP contribution in [0, 0.1) is 35.7 Å². The summed E-state index contributed by atoms with van der Waals surface area (Å²) in [7, 11) is 0. The first-order valence-electron chi connectivity index (χ1n) is 8.10. The molecule has 0 unspecified atom stereocenters. The third kappa shape index (κ3) is 3.36. The minimum absolute atomic E-state index is 0.0812. The van der Waals surface area contributed by atoms with Gasteiger partial charge in [-0.3, -0.25) is 4.79 Å². The highest BCUT2D eigenvalue weighted by Crippen LogP contribution is 2.25. The zero-order valence-electron chi connectivity index (χ0n) is 14.1. The van der Waals surface area contributed by atoms with E-state index in [0.717, 1.165) is 12.1 Å². The highest BCUT2D eigenvalue weighted by molar-refractivity contribution is 5.94. The summed E-state index contributed by atoms with van der Waals surface area (Å²) in [5.74, 6) is -2.93. The van der Waals surface area contributed by atoms with Crippen LogP contribution < -0.4 is 4.90 Å². The van der Waals surface area contributed by atoms with Crippen LogP contribution in [0.15, 0.2) is 30.3 Å². The van der Waals surface area contributed by atoms with Gasteiger partial charge in [-0.15, -0.1) is 0 Å². The van der Waals surface area contributed by atoms with E-state index in [1.807, 2.05) is 6.07 Å². The normalized spacial score (nSPS) is 14.3. The molecule has 4 nitrogen and oxygen atoms in total. The van der Waals surface area contributed by atoms with Crippen molar-refractivity contribution >= 4 is 11.6 Å². The summed E-state index contributed by atoms with van der Waals surface area (Å²) in [6.07, 6.45) is 0. The van der Waals surface area contributed by atoms with E-state index in [4.69, 9.17) is 5.26 Å². The fourth-order valence-electron chi connectivity index (χ4n) is 2.99. The second-order valence-corrected chi connectivity index (χ2v) is 6.14. The summed E-state index contributed by atoms with van der Waals surface area (Å²) in [5, 5.41) is 8.96. The predicted octanol–water partition coefficient (Wildman–Crippen LogP) is 3.25. The van der Waals surface area contributed by atoms with Crippen LogP contribution in [-0.4, -0.2) is 37.0 Å². The lowest BCUT2D eigenvalue weighted by Crippen LogP contribution is -2.49. The van der Waals surface area contributed by atoms with E-state index in [1.165, 1.54) is 17.0 Å². The van der Waals surface area contributed by atoms with Gasteiger partial charge >= 0.3 is 0 Å². The van der Waals surface area contributed by atoms with Crippen LogP contribution in [-0.2, 0) is 0 Å². The van der Waals surface area contributed by atoms with Gasteiger partial charge in [0.15, 0.2) is 11.6 Å². The lowest BCUT2D eigenvalue weighted by Gasteiger charge is -2.36. The Hall–Kier alpha value is -3.01. The van der Waals surface area contributed by atoms with Crippen molar-refractivity contribution in [1.29, 1.82) is 5.26 Å². The number of hydrogen-bond donors (Lipinski definition) is 0. The summed E-state index contributed by atoms with van der Waals surface area (Å²) in [4.78, 5) is 15.7. The summed E-state index contributed by atoms with van der Waals surface area (Å²) < 4.78 is 40.6. The fourth-order valence-corrected chi connectivity index (χ4v) is 2.99. The summed E-state index contributed by atoms with van der Waals surface area (Å²) in [5.41, 5.74) is 1.45. The molecule has 0 aromatic heterocycles. The number of amides is 1. The van der Waals surface area contributed by atoms with Crippen molar-refractivity contribution in [3.8, 4) is 6.07 Å². The minimum Gasteiger partial charge on any atom is -0.366 e. The van der Waals surface area contributed by atoms with Gasteiger partial charge in [-0.05, 0) is 42.8 Å². The molecule has 2 aromatic carbocycles. The maximum atomic E-state index is 14.3. The van der Waals surface area contributed by atoms with Crippen molar-refractivity contribution in [3.05, 3.63) is 64.5 Å². The van der Waals surface area contributed by atoms with E-state index in [0.29, 0.717) is 43.0 Å². The van der Waals surface area contributed by atoms with E-state index < -0.39 is 17.5 Å². The molecule has 1 saturated heterocycles. The minimum atomic E-state index is -1.07. The molecule has 0 radical (unpaired) electrons. The van der Waals surface area contributed by atoms with Crippen molar-refractivity contribution in [2.45, 2.75) is 6.92 Å². The zero-order chi connectivity index (χ0) is 18.8. The van der Waals surface area contributed by atoms with E-state index in [2.05, 4.69) is 0 Å². The quantitative estimate of drug-likeness (QED) is 0.827. The number of carbonyl (C=O) groups is 1. The molecule has 0 bridgehead atoms. The van der Waals surface area contributed by atoms with Gasteiger partial charge in [0.25, 0.3) is 5.91 Å². The maximum absolute atomic E-state index is 14.3. The first kappa shape index (κ1) is 17.8. The van der Waals surface area contributed by atoms with Crippen LogP contribution in [0.5, 0.6) is 0 Å². The maximum Gasteiger partial charge on any atom is 0.254 e. The van der Waals surface area contributed by atoms with Gasteiger partial charge in [-0.25, -0.2) is 13.2 Å². The number of nitrogens with zero attached hydrogens (tertiary/aromatic N) is 3. The third-order valence-electron chi connectivity index (χ3n) is 4.49. The van der Waals surface area contributed by atoms with E-state index in [-0.39, 0.29) is 11.5 Å². The highest BCUT2D eigenvalue weighted by atomic mass is 19.2. The largest absolute Gasteiger partial charge is 0.366 e. The fraction of sp³-hybridized carbons (Fsp3) is 0.263. The number of benzene rings is 2. The number of piperazine rings is 1. The molecule has 1 aliphatic heterocycles. The Balaban J connectivity index is 1.71. The monoisotopic (exact) mass is 359 g/mol. The summed E-state index contributed by atoms with van der Waals surface area (Å²) in [6.45, 7) is 3.20. The molecule has 2 aromatic rings. The molecule has 26 heavy (non-hydrogen) atoms. The van der Waals surface area contributed by atoms with Crippen molar-refractivity contribution in [3.63, 3.8) is 0 Å². The lowest BCUT2D eigenvalue weighted by molar-refractivity contribution is 0.0746. The predicted molar refractivity (Wildman–Crippen MR) is 90.3 cm³/mol. The number of nitriles is 1. The van der Waals surface area contributed by atoms with E-state index >= 15 is 0 Å². The Morgan fingerprint density at radius 3 is 2.31 bits per heavy atom. The molecular formula is C19H16F3N3O. The third-order valence-corrected chi connectivity index (χ3v) is 4.49. The van der Waals surface area contributed by atoms with Crippen molar-refractivity contribution in [2.24, 2.45) is 0 Å². The topological polar surface area (TPSA) is 47.3 Å². The molecule has 1 aliphatic rings. The number of carbonyl (C=O) groups excluding carboxylic acids is 1. The number of anilines is 1. The molecule has 1 amide bonds. The Morgan fingerprint density at radius 1 is 1.00 bits per heavy atom. The van der Waals surface area contributed by atoms with Gasteiger partial charge in [-0.1, -0.05) is 0 Å². The van der Waals surface area contributed by atoms with Crippen LogP contribution in [0.25, 0.3) is 0 Å². The van der Waals surface area contributed by atoms with E-state index in [1.54, 1.807) is 17.9 Å². The van der Waals surface area contributed by atoms with Gasteiger partial charge in [0.05, 0.1) is 17.3 Å². The average Bonchev–Trinajstić information content (AvgIpc) is 2.65. The Kier molecular flexibility index (Phi) is 4.85. The molecule has 134 valence electrons. The molecule has 0 aliphatic carbocycles. The van der Waals surface area contributed by atoms with Crippen molar-refractivity contribution in [2.75, 3.05) is 31.1 Å². The van der Waals surface area contributed by atoms with Crippen LogP contribution >= 0.6 is 0 Å². The second-order valence-electron chi connectivity index (χ2n) is 6.14. The van der Waals surface area contributed by atoms with Crippen LogP contribution in [0.1, 0.15) is 21.5 Å². The number of rotatable bonds is 2. The number of hydrogen-bond acceptors (Lipinski definition) is 3. The standard InChI is InChI=1S/C19H16F3N3O/c1-12-8-18(17(22)10-14(12)11-23)24-4-6-25(7-5-24)19(26)13-2-3-15(20)16(21)9-13/h2-3,8-10H,4-7H2,1H3. The van der Waals surface area contributed by atoms with Gasteiger partial charge in [0.1, 0.15) is 5.82 Å². The summed E-state index contributed by atoms with van der Waals surface area (Å²) >= 11 is 0. The molecule has 0 N–H and O–H groups in total. The first-order valence-corrected chi connectivity index (χ1v) is 8.10. The molecule has 7 heteroatoms. The molecule has 1 fully saturated rings. The SMILES string of the molecule is Cc1cc(N2CCN(C(=O)c3ccc(F)c(F)c3)CC2)c(F)cc1C#N. The van der Waals surface area contributed by atoms with Crippen LogP contribution in [0.3, 0.4) is 0 Å². The summed E-state index contributed by atoms with van der Waals surface area (Å²) in [6, 6.07) is 7.84. The molecule has 0 atom stereocenters. The number of halogens is 3. The smallest absolute Gasteiger partial charge is 0.254 e.